The molecule has 0 aromatic heterocycles. The molecule has 2 atom stereocenters. The number of nitrogens with two attached hydrogens (primary N) is 1. The second-order valence-electron chi connectivity index (χ2n) is 4.84. The number of nitrogens with zero attached hydrogens (tertiary/aromatic N) is 1. The number of nitrogens with one attached hydrogen (secondary N) is 1. The monoisotopic (exact) mass is 347 g/mol. The molecule has 1 fully saturated rings. The van der Waals surface area contributed by atoms with E-state index in [9.17, 15) is 4.39 Å². The number of benzene rings is 1. The molecule has 2 rings (SSSR count). The van der Waals surface area contributed by atoms with E-state index in [1.807, 2.05) is 23.9 Å². The number of rotatable bonds is 4. The summed E-state index contributed by atoms with van der Waals surface area (Å²) < 4.78 is 14.7. The van der Waals surface area contributed by atoms with Gasteiger partial charge in [-0.05, 0) is 31.2 Å². The molecule has 3 nitrogen and oxygen atoms in total. The number of thioether (sulfide) groups is 1. The van der Waals surface area contributed by atoms with Gasteiger partial charge in [0.15, 0.2) is 0 Å². The molecule has 1 saturated heterocycles. The van der Waals surface area contributed by atoms with E-state index in [2.05, 4.69) is 33.3 Å². The summed E-state index contributed by atoms with van der Waals surface area (Å²) in [5, 5.41) is 0. The van der Waals surface area contributed by atoms with Crippen molar-refractivity contribution in [3.8, 4) is 0 Å². The molecular formula is C13H19BrFN3S. The van der Waals surface area contributed by atoms with Gasteiger partial charge in [-0.15, -0.1) is 0 Å². The van der Waals surface area contributed by atoms with Gasteiger partial charge in [0.25, 0.3) is 0 Å². The van der Waals surface area contributed by atoms with Crippen molar-refractivity contribution in [3.63, 3.8) is 0 Å². The van der Waals surface area contributed by atoms with Crippen molar-refractivity contribution in [2.24, 2.45) is 5.84 Å². The Hall–Kier alpha value is -0.140. The Bertz CT molecular complexity index is 432. The highest BCUT2D eigenvalue weighted by atomic mass is 79.9. The zero-order valence-corrected chi connectivity index (χ0v) is 13.3. The van der Waals surface area contributed by atoms with Gasteiger partial charge in [-0.25, -0.2) is 4.39 Å². The smallest absolute Gasteiger partial charge is 0.127 e. The molecule has 1 aliphatic heterocycles. The van der Waals surface area contributed by atoms with E-state index in [0.29, 0.717) is 18.0 Å². The molecule has 3 N–H and O–H groups in total. The van der Waals surface area contributed by atoms with Gasteiger partial charge in [0, 0.05) is 34.6 Å². The highest BCUT2D eigenvalue weighted by Gasteiger charge is 2.28. The highest BCUT2D eigenvalue weighted by Crippen LogP contribution is 2.21. The van der Waals surface area contributed by atoms with Gasteiger partial charge in [-0.3, -0.25) is 11.3 Å². The quantitative estimate of drug-likeness (QED) is 0.645. The lowest BCUT2D eigenvalue weighted by atomic mass is 9.99. The average molecular weight is 348 g/mol. The lowest BCUT2D eigenvalue weighted by molar-refractivity contribution is 0.213. The molecule has 0 saturated carbocycles. The standard InChI is InChI=1S/C13H19BrFN3S/c1-18-4-5-19-8-13(18)12(17-16)6-9-2-3-10(14)7-11(9)15/h2-3,7,12-13,17H,4-6,8,16H2,1H3. The Balaban J connectivity index is 2.09. The molecule has 1 aromatic rings. The largest absolute Gasteiger partial charge is 0.300 e. The number of hydrazine groups is 1. The van der Waals surface area contributed by atoms with Gasteiger partial charge in [0.05, 0.1) is 0 Å². The first-order chi connectivity index (χ1) is 9.11. The van der Waals surface area contributed by atoms with Crippen LogP contribution in [0.2, 0.25) is 0 Å². The molecule has 19 heavy (non-hydrogen) atoms. The molecule has 6 heteroatoms. The van der Waals surface area contributed by atoms with E-state index in [0.717, 1.165) is 22.5 Å². The van der Waals surface area contributed by atoms with Gasteiger partial charge in [0.1, 0.15) is 5.82 Å². The summed E-state index contributed by atoms with van der Waals surface area (Å²) in [7, 11) is 2.10. The van der Waals surface area contributed by atoms with Crippen LogP contribution in [0.5, 0.6) is 0 Å². The minimum absolute atomic E-state index is 0.0634. The fraction of sp³-hybridized carbons (Fsp3) is 0.538. The Morgan fingerprint density at radius 2 is 2.42 bits per heavy atom. The minimum Gasteiger partial charge on any atom is -0.300 e. The topological polar surface area (TPSA) is 41.3 Å². The maximum absolute atomic E-state index is 13.9. The summed E-state index contributed by atoms with van der Waals surface area (Å²) in [6.45, 7) is 1.05. The number of hydrogen-bond acceptors (Lipinski definition) is 4. The van der Waals surface area contributed by atoms with E-state index < -0.39 is 0 Å². The molecule has 0 spiro atoms. The van der Waals surface area contributed by atoms with Crippen molar-refractivity contribution in [3.05, 3.63) is 34.1 Å². The molecular weight excluding hydrogens is 329 g/mol. The Morgan fingerprint density at radius 1 is 1.63 bits per heavy atom. The van der Waals surface area contributed by atoms with Crippen LogP contribution in [0.3, 0.4) is 0 Å². The van der Waals surface area contributed by atoms with E-state index >= 15 is 0 Å². The van der Waals surface area contributed by atoms with Crippen LogP contribution in [0.25, 0.3) is 0 Å². The Labute approximate surface area is 126 Å². The van der Waals surface area contributed by atoms with Gasteiger partial charge in [-0.2, -0.15) is 11.8 Å². The van der Waals surface area contributed by atoms with Crippen LogP contribution in [-0.4, -0.2) is 42.1 Å². The lowest BCUT2D eigenvalue weighted by Crippen LogP contribution is -2.55. The zero-order chi connectivity index (χ0) is 13.8. The van der Waals surface area contributed by atoms with Crippen molar-refractivity contribution in [1.82, 2.24) is 10.3 Å². The Kier molecular flexibility index (Phi) is 5.65. The first-order valence-electron chi connectivity index (χ1n) is 6.30. The van der Waals surface area contributed by atoms with Gasteiger partial charge >= 0.3 is 0 Å². The van der Waals surface area contributed by atoms with Crippen molar-refractivity contribution in [2.45, 2.75) is 18.5 Å². The molecule has 0 amide bonds. The molecule has 0 aliphatic carbocycles. The summed E-state index contributed by atoms with van der Waals surface area (Å²) in [5.41, 5.74) is 3.56. The summed E-state index contributed by atoms with van der Waals surface area (Å²) in [6.07, 6.45) is 0.602. The van der Waals surface area contributed by atoms with Gasteiger partial charge < -0.3 is 4.90 Å². The van der Waals surface area contributed by atoms with Crippen LogP contribution in [0.4, 0.5) is 4.39 Å². The maximum atomic E-state index is 13.9. The summed E-state index contributed by atoms with van der Waals surface area (Å²) in [6, 6.07) is 5.59. The van der Waals surface area contributed by atoms with Crippen LogP contribution in [0.1, 0.15) is 5.56 Å². The molecule has 2 unspecified atom stereocenters. The van der Waals surface area contributed by atoms with Gasteiger partial charge in [0.2, 0.25) is 0 Å². The van der Waals surface area contributed by atoms with E-state index in [4.69, 9.17) is 5.84 Å². The first-order valence-corrected chi connectivity index (χ1v) is 8.24. The predicted molar refractivity (Wildman–Crippen MR) is 82.7 cm³/mol. The van der Waals surface area contributed by atoms with Crippen LogP contribution >= 0.6 is 27.7 Å². The van der Waals surface area contributed by atoms with E-state index in [1.165, 1.54) is 6.07 Å². The average Bonchev–Trinajstić information content (AvgIpc) is 2.39. The third kappa shape index (κ3) is 3.92. The highest BCUT2D eigenvalue weighted by molar-refractivity contribution is 9.10. The second-order valence-corrected chi connectivity index (χ2v) is 6.90. The Morgan fingerprint density at radius 3 is 3.05 bits per heavy atom. The van der Waals surface area contributed by atoms with Crippen LogP contribution in [0, 0.1) is 5.82 Å². The fourth-order valence-electron chi connectivity index (χ4n) is 2.36. The normalized spacial score (nSPS) is 22.4. The molecule has 106 valence electrons. The molecule has 1 heterocycles. The SMILES string of the molecule is CN1CCSCC1C(Cc1ccc(Br)cc1F)NN. The van der Waals surface area contributed by atoms with E-state index in [1.54, 1.807) is 0 Å². The number of likely N-dealkylation sites (N-methyl/N-ethyl adjacent to an activating group) is 1. The summed E-state index contributed by atoms with van der Waals surface area (Å²) in [4.78, 5) is 2.30. The third-order valence-corrected chi connectivity index (χ3v) is 5.12. The third-order valence-electron chi connectivity index (χ3n) is 3.58. The second kappa shape index (κ2) is 7.04. The van der Waals surface area contributed by atoms with E-state index in [-0.39, 0.29) is 11.9 Å². The van der Waals surface area contributed by atoms with Gasteiger partial charge in [-0.1, -0.05) is 22.0 Å². The lowest BCUT2D eigenvalue weighted by Gasteiger charge is -2.37. The van der Waals surface area contributed by atoms with Crippen LogP contribution in [-0.2, 0) is 6.42 Å². The van der Waals surface area contributed by atoms with Crippen LogP contribution in [0.15, 0.2) is 22.7 Å². The van der Waals surface area contributed by atoms with Crippen molar-refractivity contribution < 1.29 is 4.39 Å². The minimum atomic E-state index is -0.180. The number of halogens is 2. The molecule has 0 radical (unpaired) electrons. The fourth-order valence-corrected chi connectivity index (χ4v) is 4.00. The predicted octanol–water partition coefficient (Wildman–Crippen LogP) is 2.01. The molecule has 1 aliphatic rings. The van der Waals surface area contributed by atoms with Crippen molar-refractivity contribution in [2.75, 3.05) is 25.1 Å². The first kappa shape index (κ1) is 15.3. The summed E-state index contributed by atoms with van der Waals surface area (Å²) in [5.74, 6) is 7.68. The number of hydrogen-bond donors (Lipinski definition) is 2. The van der Waals surface area contributed by atoms with Crippen molar-refractivity contribution >= 4 is 27.7 Å². The molecule has 0 bridgehead atoms. The van der Waals surface area contributed by atoms with Crippen LogP contribution < -0.4 is 11.3 Å². The summed E-state index contributed by atoms with van der Waals surface area (Å²) >= 11 is 5.20. The maximum Gasteiger partial charge on any atom is 0.127 e. The zero-order valence-electron chi connectivity index (χ0n) is 10.9. The molecule has 1 aromatic carbocycles. The van der Waals surface area contributed by atoms with Crippen molar-refractivity contribution in [1.29, 1.82) is 0 Å².